The largest absolute Gasteiger partial charge is 0.460 e. The van der Waals surface area contributed by atoms with Crippen LogP contribution in [-0.2, 0) is 4.74 Å². The molecule has 82 valence electrons. The summed E-state index contributed by atoms with van der Waals surface area (Å²) in [4.78, 5) is 17.0. The molecule has 15 heavy (non-hydrogen) atoms. The topological polar surface area (TPSA) is 55.0 Å². The molecular formula is C10H14N2O3. The molecule has 1 rings (SSSR count). The average molecular weight is 210 g/mol. The van der Waals surface area contributed by atoms with Crippen molar-refractivity contribution in [1.29, 1.82) is 0 Å². The summed E-state index contributed by atoms with van der Waals surface area (Å²) in [6.07, 6.45) is 1.59. The summed E-state index contributed by atoms with van der Waals surface area (Å²) < 4.78 is 9.92. The highest BCUT2D eigenvalue weighted by Gasteiger charge is 2.10. The molecule has 0 aliphatic heterocycles. The van der Waals surface area contributed by atoms with Gasteiger partial charge in [0.05, 0.1) is 12.9 Å². The minimum atomic E-state index is -0.469. The van der Waals surface area contributed by atoms with E-state index in [0.717, 1.165) is 0 Å². The van der Waals surface area contributed by atoms with Gasteiger partial charge in [0, 0.05) is 20.2 Å². The van der Waals surface area contributed by atoms with Crippen molar-refractivity contribution in [2.45, 2.75) is 6.92 Å². The number of carbonyl (C=O) groups is 1. The number of esters is 1. The molecule has 0 amide bonds. The molecule has 0 aliphatic carbocycles. The van der Waals surface area contributed by atoms with Gasteiger partial charge in [0.2, 0.25) is 11.6 Å². The summed E-state index contributed by atoms with van der Waals surface area (Å²) >= 11 is 0. The molecule has 1 heterocycles. The Kier molecular flexibility index (Phi) is 3.91. The molecule has 1 aromatic rings. The predicted molar refractivity (Wildman–Crippen MR) is 56.5 cm³/mol. The molecule has 5 heteroatoms. The van der Waals surface area contributed by atoms with Gasteiger partial charge >= 0.3 is 5.97 Å². The fraction of sp³-hybridized carbons (Fsp3) is 0.400. The third-order valence-corrected chi connectivity index (χ3v) is 1.48. The van der Waals surface area contributed by atoms with Gasteiger partial charge in [-0.3, -0.25) is 0 Å². The molecule has 0 atom stereocenters. The quantitative estimate of drug-likeness (QED) is 0.431. The average Bonchev–Trinajstić information content (AvgIpc) is 2.63. The van der Waals surface area contributed by atoms with Crippen molar-refractivity contribution in [3.05, 3.63) is 17.9 Å². The van der Waals surface area contributed by atoms with Crippen LogP contribution in [-0.4, -0.2) is 37.9 Å². The molecule has 0 radical (unpaired) electrons. The van der Waals surface area contributed by atoms with E-state index in [0.29, 0.717) is 12.5 Å². The molecule has 0 saturated heterocycles. The maximum Gasteiger partial charge on any atom is 0.374 e. The van der Waals surface area contributed by atoms with Crippen LogP contribution < -0.4 is 0 Å². The number of hydrogen-bond donors (Lipinski definition) is 0. The van der Waals surface area contributed by atoms with E-state index < -0.39 is 5.97 Å². The third-order valence-electron chi connectivity index (χ3n) is 1.48. The smallest absolute Gasteiger partial charge is 0.374 e. The van der Waals surface area contributed by atoms with Crippen LogP contribution in [0.4, 0.5) is 5.88 Å². The van der Waals surface area contributed by atoms with E-state index in [9.17, 15) is 4.79 Å². The zero-order valence-electron chi connectivity index (χ0n) is 9.06. The van der Waals surface area contributed by atoms with Crippen LogP contribution in [0.5, 0.6) is 0 Å². The van der Waals surface area contributed by atoms with Crippen molar-refractivity contribution >= 4 is 18.2 Å². The van der Waals surface area contributed by atoms with Gasteiger partial charge in [0.25, 0.3) is 0 Å². The Morgan fingerprint density at radius 2 is 2.33 bits per heavy atom. The number of aliphatic imine (C=N–C) groups is 1. The first-order valence-electron chi connectivity index (χ1n) is 4.61. The van der Waals surface area contributed by atoms with Gasteiger partial charge in [-0.15, -0.1) is 0 Å². The van der Waals surface area contributed by atoms with E-state index in [1.807, 2.05) is 14.1 Å². The Labute approximate surface area is 88.3 Å². The summed E-state index contributed by atoms with van der Waals surface area (Å²) in [7, 11) is 3.69. The Morgan fingerprint density at radius 3 is 2.93 bits per heavy atom. The lowest BCUT2D eigenvalue weighted by Gasteiger charge is -2.00. The Balaban J connectivity index is 2.68. The number of nitrogens with zero attached hydrogens (tertiary/aromatic N) is 2. The van der Waals surface area contributed by atoms with Crippen molar-refractivity contribution in [3.63, 3.8) is 0 Å². The molecular weight excluding hydrogens is 196 g/mol. The SMILES string of the molecule is CCOC(=O)c1ccc(/N=C\N(C)C)o1. The van der Waals surface area contributed by atoms with Crippen molar-refractivity contribution in [1.82, 2.24) is 4.90 Å². The molecule has 0 fully saturated rings. The lowest BCUT2D eigenvalue weighted by molar-refractivity contribution is 0.0491. The van der Waals surface area contributed by atoms with Crippen LogP contribution >= 0.6 is 0 Å². The number of ether oxygens (including phenoxy) is 1. The summed E-state index contributed by atoms with van der Waals surface area (Å²) in [5.74, 6) is 0.0818. The third kappa shape index (κ3) is 3.46. The highest BCUT2D eigenvalue weighted by atomic mass is 16.5. The highest BCUT2D eigenvalue weighted by molar-refractivity contribution is 5.86. The summed E-state index contributed by atoms with van der Waals surface area (Å²) in [6, 6.07) is 3.16. The van der Waals surface area contributed by atoms with Crippen LogP contribution in [0, 0.1) is 0 Å². The van der Waals surface area contributed by atoms with E-state index in [4.69, 9.17) is 9.15 Å². The number of furan rings is 1. The van der Waals surface area contributed by atoms with Gasteiger partial charge in [0.1, 0.15) is 0 Å². The molecule has 0 aliphatic rings. The number of rotatable bonds is 4. The first-order valence-corrected chi connectivity index (χ1v) is 4.61. The fourth-order valence-corrected chi connectivity index (χ4v) is 0.881. The number of carbonyl (C=O) groups excluding carboxylic acids is 1. The van der Waals surface area contributed by atoms with Crippen molar-refractivity contribution in [2.24, 2.45) is 4.99 Å². The first-order chi connectivity index (χ1) is 7.13. The lowest BCUT2D eigenvalue weighted by Crippen LogP contribution is -2.06. The zero-order chi connectivity index (χ0) is 11.3. The van der Waals surface area contributed by atoms with E-state index in [1.165, 1.54) is 0 Å². The van der Waals surface area contributed by atoms with Gasteiger partial charge in [-0.2, -0.15) is 0 Å². The second-order valence-electron chi connectivity index (χ2n) is 3.07. The lowest BCUT2D eigenvalue weighted by atomic mass is 10.4. The van der Waals surface area contributed by atoms with Gasteiger partial charge in [-0.1, -0.05) is 0 Å². The number of hydrogen-bond acceptors (Lipinski definition) is 4. The van der Waals surface area contributed by atoms with Crippen LogP contribution in [0.3, 0.4) is 0 Å². The minimum Gasteiger partial charge on any atom is -0.460 e. The second kappa shape index (κ2) is 5.19. The van der Waals surface area contributed by atoms with Crippen LogP contribution in [0.1, 0.15) is 17.5 Å². The van der Waals surface area contributed by atoms with E-state index in [2.05, 4.69) is 4.99 Å². The Morgan fingerprint density at radius 1 is 1.60 bits per heavy atom. The van der Waals surface area contributed by atoms with Crippen molar-refractivity contribution in [3.8, 4) is 0 Å². The van der Waals surface area contributed by atoms with Gasteiger partial charge in [0.15, 0.2) is 0 Å². The maximum atomic E-state index is 11.2. The van der Waals surface area contributed by atoms with E-state index in [-0.39, 0.29) is 5.76 Å². The summed E-state index contributed by atoms with van der Waals surface area (Å²) in [5, 5.41) is 0. The van der Waals surface area contributed by atoms with Gasteiger partial charge in [-0.05, 0) is 13.0 Å². The standard InChI is InChI=1S/C10H14N2O3/c1-4-14-10(13)8-5-6-9(15-8)11-7-12(2)3/h5-7H,4H2,1-3H3/b11-7-. The van der Waals surface area contributed by atoms with Crippen molar-refractivity contribution < 1.29 is 13.9 Å². The molecule has 0 saturated carbocycles. The normalized spacial score (nSPS) is 10.6. The predicted octanol–water partition coefficient (Wildman–Crippen LogP) is 1.68. The highest BCUT2D eigenvalue weighted by Crippen LogP contribution is 2.16. The van der Waals surface area contributed by atoms with Gasteiger partial charge in [-0.25, -0.2) is 9.79 Å². The van der Waals surface area contributed by atoms with Crippen LogP contribution in [0.25, 0.3) is 0 Å². The Hall–Kier alpha value is -1.78. The second-order valence-corrected chi connectivity index (χ2v) is 3.07. The first kappa shape index (κ1) is 11.3. The Bertz CT molecular complexity index is 355. The summed E-state index contributed by atoms with van der Waals surface area (Å²) in [6.45, 7) is 2.07. The van der Waals surface area contributed by atoms with E-state index in [1.54, 1.807) is 30.3 Å². The van der Waals surface area contributed by atoms with Crippen LogP contribution in [0.2, 0.25) is 0 Å². The molecule has 0 N–H and O–H groups in total. The monoisotopic (exact) mass is 210 g/mol. The molecule has 0 spiro atoms. The van der Waals surface area contributed by atoms with Crippen LogP contribution in [0.15, 0.2) is 21.5 Å². The maximum absolute atomic E-state index is 11.2. The molecule has 5 nitrogen and oxygen atoms in total. The molecule has 1 aromatic heterocycles. The van der Waals surface area contributed by atoms with Gasteiger partial charge < -0.3 is 14.1 Å². The molecule has 0 bridgehead atoms. The minimum absolute atomic E-state index is 0.169. The summed E-state index contributed by atoms with van der Waals surface area (Å²) in [5.41, 5.74) is 0. The molecule has 0 unspecified atom stereocenters. The van der Waals surface area contributed by atoms with Crippen molar-refractivity contribution in [2.75, 3.05) is 20.7 Å². The van der Waals surface area contributed by atoms with E-state index >= 15 is 0 Å². The molecule has 0 aromatic carbocycles. The zero-order valence-corrected chi connectivity index (χ0v) is 9.06. The fourth-order valence-electron chi connectivity index (χ4n) is 0.881.